The summed E-state index contributed by atoms with van der Waals surface area (Å²) in [5.41, 5.74) is 5.31. The van der Waals surface area contributed by atoms with Gasteiger partial charge in [0.15, 0.2) is 11.2 Å². The van der Waals surface area contributed by atoms with E-state index in [4.69, 9.17) is 5.73 Å². The van der Waals surface area contributed by atoms with Gasteiger partial charge in [0.1, 0.15) is 29.9 Å². The summed E-state index contributed by atoms with van der Waals surface area (Å²) in [6, 6.07) is -0.00486. The van der Waals surface area contributed by atoms with Crippen molar-refractivity contribution in [3.63, 3.8) is 0 Å². The monoisotopic (exact) mass is 940 g/mol. The van der Waals surface area contributed by atoms with Gasteiger partial charge in [-0.15, -0.1) is 0 Å². The van der Waals surface area contributed by atoms with Crippen LogP contribution in [0.15, 0.2) is 29.3 Å². The Labute approximate surface area is 384 Å². The van der Waals surface area contributed by atoms with Crippen molar-refractivity contribution >= 4 is 69.8 Å². The fourth-order valence-electron chi connectivity index (χ4n) is 9.91. The van der Waals surface area contributed by atoms with Crippen molar-refractivity contribution in [2.75, 3.05) is 32.8 Å². The molecule has 5 heterocycles. The fraction of sp³-hybridized carbons (Fsp3) is 0.628. The van der Waals surface area contributed by atoms with Crippen LogP contribution >= 0.6 is 11.8 Å². The Morgan fingerprint density at radius 1 is 0.955 bits per heavy atom. The number of carbonyl (C=O) groups is 8. The van der Waals surface area contributed by atoms with E-state index in [9.17, 15) is 58.8 Å². The zero-order valence-corrected chi connectivity index (χ0v) is 37.8. The first-order valence-corrected chi connectivity index (χ1v) is 23.3. The zero-order valence-electron chi connectivity index (χ0n) is 37.0. The molecule has 23 heteroatoms. The quantitative estimate of drug-likeness (QED) is 0.126. The van der Waals surface area contributed by atoms with Gasteiger partial charge in [-0.1, -0.05) is 57.2 Å². The van der Waals surface area contributed by atoms with Crippen LogP contribution in [0.1, 0.15) is 58.4 Å². The maximum absolute atomic E-state index is 14.7. The number of para-hydroxylation sites is 1. The van der Waals surface area contributed by atoms with E-state index in [-0.39, 0.29) is 36.1 Å². The van der Waals surface area contributed by atoms with Crippen molar-refractivity contribution in [2.45, 2.75) is 124 Å². The summed E-state index contributed by atoms with van der Waals surface area (Å²) in [5, 5.41) is 59.3. The van der Waals surface area contributed by atoms with E-state index in [1.807, 2.05) is 18.7 Å². The smallest absolute Gasteiger partial charge is 0.254 e. The highest BCUT2D eigenvalue weighted by atomic mass is 32.2. The van der Waals surface area contributed by atoms with Gasteiger partial charge in [-0.3, -0.25) is 48.6 Å². The van der Waals surface area contributed by atoms with Crippen molar-refractivity contribution in [1.82, 2.24) is 46.7 Å². The number of H-pyrrole nitrogens is 1. The molecule has 1 saturated carbocycles. The number of aliphatic hydroxyl groups excluding tert-OH is 4. The number of thioether (sulfide) groups is 1. The third kappa shape index (κ3) is 9.78. The molecule has 1 aromatic heterocycles. The molecular weight excluding hydrogens is 881 g/mol. The summed E-state index contributed by atoms with van der Waals surface area (Å²) >= 11 is 0.845. The minimum Gasteiger partial charge on any atom is -0.394 e. The highest BCUT2D eigenvalue weighted by Gasteiger charge is 2.68. The molecule has 2 aromatic rings. The SMILES string of the molecule is CC[C@H](C)[C@]12NC(=O)CNC(O)[C@@H]3Cc4c([nH]c5ccccc45)S[C@H](NC(=O)[C@H]4CCCN4CC1C2=O)C(=O)N[C@@H](CC(N)=O)C(=O)N1C[C@H](O)C[C@H]1C(=O)N[C@@H]([C@@H](C)[C@@H](O)CO)C(=O)N3. The molecule has 66 heavy (non-hydrogen) atoms. The second-order valence-electron chi connectivity index (χ2n) is 18.1. The van der Waals surface area contributed by atoms with E-state index >= 15 is 0 Å². The van der Waals surface area contributed by atoms with Gasteiger partial charge in [0, 0.05) is 36.3 Å². The van der Waals surface area contributed by atoms with E-state index in [2.05, 4.69) is 36.9 Å². The summed E-state index contributed by atoms with van der Waals surface area (Å²) in [6.45, 7) is 3.91. The van der Waals surface area contributed by atoms with E-state index in [0.29, 0.717) is 42.3 Å². The molecule has 1 aromatic carbocycles. The molecule has 1 aliphatic carbocycles. The van der Waals surface area contributed by atoms with Crippen LogP contribution in [0, 0.1) is 17.8 Å². The highest BCUT2D eigenvalue weighted by molar-refractivity contribution is 8.00. The predicted molar refractivity (Wildman–Crippen MR) is 235 cm³/mol. The minimum atomic E-state index is -1.72. The minimum absolute atomic E-state index is 0.122. The number of nitrogens with two attached hydrogens (primary N) is 1. The third-order valence-corrected chi connectivity index (χ3v) is 15.1. The molecule has 22 nitrogen and oxygen atoms in total. The Bertz CT molecular complexity index is 2250. The number of carbonyl (C=O) groups excluding carboxylic acids is 8. The van der Waals surface area contributed by atoms with Crippen molar-refractivity contribution in [2.24, 2.45) is 23.5 Å². The van der Waals surface area contributed by atoms with Crippen LogP contribution in [-0.2, 0) is 44.8 Å². The number of nitrogens with one attached hydrogen (secondary N) is 7. The van der Waals surface area contributed by atoms with Gasteiger partial charge in [-0.25, -0.2) is 0 Å². The number of benzene rings is 1. The summed E-state index contributed by atoms with van der Waals surface area (Å²) in [5.74, 6) is -8.44. The summed E-state index contributed by atoms with van der Waals surface area (Å²) < 4.78 is 0. The Balaban J connectivity index is 1.39. The van der Waals surface area contributed by atoms with Crippen LogP contribution in [0.5, 0.6) is 0 Å². The number of primary amides is 1. The molecule has 13 N–H and O–H groups in total. The molecule has 360 valence electrons. The van der Waals surface area contributed by atoms with Crippen molar-refractivity contribution < 1.29 is 58.8 Å². The number of Topliss-reactive ketones (excluding diaryl/α,β-unsaturated/α-hetero) is 1. The summed E-state index contributed by atoms with van der Waals surface area (Å²) in [4.78, 5) is 119. The standard InChI is InChI=1S/C43H60N10O12S/c1-4-19(2)43-24(34(43)59)17-52-11-7-10-28(52)36(61)50-41-39(64)47-27(14-31(44)57)42(65)53-16-21(55)12-29(53)37(62)49-33(20(3)30(56)18-54)38(63)46-26(35(60)45-15-32(58)51-43)13-23-22-8-5-6-9-25(22)48-40(23)66-41/h5-6,8-9,19-21,24,26-30,33,35,41,45,48,54-56,60H,4,7,10-18H2,1-3H3,(H2,44,57)(H,46,63)(H,47,64)(H,49,62)(H,50,61)(H,51,58)/t19-,20-,21+,24?,26-,27-,28+,29-,30-,33-,35?,41-,43-/m0/s1. The predicted octanol–water partition coefficient (Wildman–Crippen LogP) is -3.97. The molecule has 2 unspecified atom stereocenters. The number of aromatic amines is 1. The second-order valence-corrected chi connectivity index (χ2v) is 19.3. The lowest BCUT2D eigenvalue weighted by Crippen LogP contribution is -2.62. The molecular formula is C43H60N10O12S. The maximum Gasteiger partial charge on any atom is 0.254 e. The lowest BCUT2D eigenvalue weighted by atomic mass is 9.93. The number of hydrogen-bond donors (Lipinski definition) is 12. The van der Waals surface area contributed by atoms with Gasteiger partial charge in [0.25, 0.3) is 5.91 Å². The van der Waals surface area contributed by atoms with Gasteiger partial charge >= 0.3 is 0 Å². The summed E-state index contributed by atoms with van der Waals surface area (Å²) in [7, 11) is 0. The lowest BCUT2D eigenvalue weighted by molar-refractivity contribution is -0.143. The lowest BCUT2D eigenvalue weighted by Gasteiger charge is -2.33. The first-order chi connectivity index (χ1) is 31.4. The summed E-state index contributed by atoms with van der Waals surface area (Å²) in [6.07, 6.45) is -4.38. The Morgan fingerprint density at radius 3 is 2.39 bits per heavy atom. The van der Waals surface area contributed by atoms with Gasteiger partial charge < -0.3 is 62.6 Å². The molecule has 5 aliphatic rings. The molecule has 3 fully saturated rings. The van der Waals surface area contributed by atoms with Gasteiger partial charge in [-0.05, 0) is 43.4 Å². The maximum atomic E-state index is 14.7. The van der Waals surface area contributed by atoms with Crippen LogP contribution in [0.3, 0.4) is 0 Å². The molecule has 13 atom stereocenters. The molecule has 0 radical (unpaired) electrons. The van der Waals surface area contributed by atoms with Crippen LogP contribution < -0.4 is 37.6 Å². The number of amides is 7. The Kier molecular flexibility index (Phi) is 14.8. The fourth-order valence-corrected chi connectivity index (χ4v) is 11.0. The number of aliphatic hydroxyl groups is 4. The molecule has 0 spiro atoms. The number of ketones is 1. The van der Waals surface area contributed by atoms with E-state index in [1.165, 1.54) is 6.92 Å². The van der Waals surface area contributed by atoms with Gasteiger partial charge in [0.05, 0.1) is 54.8 Å². The topological polar surface area (TPSA) is 338 Å². The molecule has 2 saturated heterocycles. The first kappa shape index (κ1) is 48.8. The van der Waals surface area contributed by atoms with Crippen molar-refractivity contribution in [3.8, 4) is 0 Å². The average Bonchev–Trinajstić information content (AvgIpc) is 3.75. The second kappa shape index (κ2) is 20.0. The molecule has 7 amide bonds. The average molecular weight is 941 g/mol. The van der Waals surface area contributed by atoms with Crippen LogP contribution in [0.4, 0.5) is 0 Å². The molecule has 2 bridgehead atoms. The number of nitrogens with zero attached hydrogens (tertiary/aromatic N) is 2. The van der Waals surface area contributed by atoms with Crippen LogP contribution in [0.25, 0.3) is 10.9 Å². The van der Waals surface area contributed by atoms with E-state index < -0.39 is 139 Å². The van der Waals surface area contributed by atoms with E-state index in [0.717, 1.165) is 16.7 Å². The normalized spacial score (nSPS) is 33.2. The Hall–Kier alpha value is -5.17. The number of fused-ring (bicyclic) bond motifs is 6. The third-order valence-electron chi connectivity index (χ3n) is 13.9. The van der Waals surface area contributed by atoms with Gasteiger partial charge in [0.2, 0.25) is 35.4 Å². The Morgan fingerprint density at radius 2 is 1.68 bits per heavy atom. The molecule has 4 aliphatic heterocycles. The number of hydrogen-bond acceptors (Lipinski definition) is 15. The number of aromatic nitrogens is 1. The van der Waals surface area contributed by atoms with Gasteiger partial charge in [-0.2, -0.15) is 0 Å². The zero-order chi connectivity index (χ0) is 47.8. The van der Waals surface area contributed by atoms with Crippen LogP contribution in [0.2, 0.25) is 0 Å². The largest absolute Gasteiger partial charge is 0.394 e. The number of rotatable bonds is 7. The van der Waals surface area contributed by atoms with Crippen molar-refractivity contribution in [1.29, 1.82) is 0 Å². The van der Waals surface area contributed by atoms with E-state index in [1.54, 1.807) is 24.3 Å². The van der Waals surface area contributed by atoms with Crippen LogP contribution in [-0.4, -0.2) is 175 Å². The highest BCUT2D eigenvalue weighted by Crippen LogP contribution is 2.47. The molecule has 7 rings (SSSR count). The first-order valence-electron chi connectivity index (χ1n) is 22.4. The van der Waals surface area contributed by atoms with Crippen molar-refractivity contribution in [3.05, 3.63) is 29.8 Å².